The highest BCUT2D eigenvalue weighted by atomic mass is 35.5. The summed E-state index contributed by atoms with van der Waals surface area (Å²) < 4.78 is 5.01. The number of halogens is 1. The number of carbonyl (C=O) groups is 2. The summed E-state index contributed by atoms with van der Waals surface area (Å²) in [5.41, 5.74) is 0.138. The molecule has 19 heavy (non-hydrogen) atoms. The summed E-state index contributed by atoms with van der Waals surface area (Å²) in [6.07, 6.45) is -0.0794. The summed E-state index contributed by atoms with van der Waals surface area (Å²) in [5, 5.41) is 20.3. The smallest absolute Gasteiger partial charge is 0.326 e. The molecule has 1 unspecified atom stereocenters. The molecule has 1 atom stereocenters. The normalized spacial score (nSPS) is 11.7. The van der Waals surface area contributed by atoms with E-state index in [0.717, 1.165) is 0 Å². The van der Waals surface area contributed by atoms with Gasteiger partial charge in [0.2, 0.25) is 0 Å². The lowest BCUT2D eigenvalue weighted by Gasteiger charge is -2.14. The van der Waals surface area contributed by atoms with Crippen LogP contribution in [0.15, 0.2) is 18.2 Å². The van der Waals surface area contributed by atoms with Crippen LogP contribution in [0.1, 0.15) is 16.8 Å². The summed E-state index contributed by atoms with van der Waals surface area (Å²) in [5.74, 6) is -1.56. The molecule has 0 bridgehead atoms. The molecule has 104 valence electrons. The van der Waals surface area contributed by atoms with E-state index in [-0.39, 0.29) is 24.3 Å². The minimum Gasteiger partial charge on any atom is -0.496 e. The fourth-order valence-electron chi connectivity index (χ4n) is 1.48. The topological polar surface area (TPSA) is 95.9 Å². The van der Waals surface area contributed by atoms with Crippen LogP contribution in [-0.2, 0) is 4.79 Å². The van der Waals surface area contributed by atoms with Crippen molar-refractivity contribution in [2.75, 3.05) is 13.7 Å². The van der Waals surface area contributed by atoms with Crippen molar-refractivity contribution in [2.45, 2.75) is 12.5 Å². The van der Waals surface area contributed by atoms with Gasteiger partial charge in [0.25, 0.3) is 5.91 Å². The van der Waals surface area contributed by atoms with E-state index in [1.165, 1.54) is 19.2 Å². The number of aliphatic hydroxyl groups excluding tert-OH is 1. The number of hydrogen-bond acceptors (Lipinski definition) is 4. The maximum Gasteiger partial charge on any atom is 0.326 e. The van der Waals surface area contributed by atoms with Gasteiger partial charge in [0.1, 0.15) is 11.8 Å². The summed E-state index contributed by atoms with van der Waals surface area (Å²) in [7, 11) is 1.39. The van der Waals surface area contributed by atoms with E-state index in [2.05, 4.69) is 5.32 Å². The van der Waals surface area contributed by atoms with Crippen molar-refractivity contribution in [3.8, 4) is 5.75 Å². The molecule has 1 aromatic rings. The average molecular weight is 288 g/mol. The van der Waals surface area contributed by atoms with E-state index in [1.54, 1.807) is 6.07 Å². The molecule has 0 saturated heterocycles. The van der Waals surface area contributed by atoms with E-state index in [1.807, 2.05) is 0 Å². The van der Waals surface area contributed by atoms with Crippen molar-refractivity contribution in [3.05, 3.63) is 28.8 Å². The second-order valence-electron chi connectivity index (χ2n) is 3.72. The molecule has 0 radical (unpaired) electrons. The Morgan fingerprint density at radius 2 is 2.16 bits per heavy atom. The molecule has 1 aromatic carbocycles. The third kappa shape index (κ3) is 4.11. The Kier molecular flexibility index (Phi) is 5.59. The number of rotatable bonds is 6. The largest absolute Gasteiger partial charge is 0.496 e. The fraction of sp³-hybridized carbons (Fsp3) is 0.333. The Bertz CT molecular complexity index is 477. The zero-order valence-corrected chi connectivity index (χ0v) is 11.0. The Balaban J connectivity index is 2.93. The van der Waals surface area contributed by atoms with Gasteiger partial charge < -0.3 is 20.3 Å². The second kappa shape index (κ2) is 6.96. The first-order chi connectivity index (χ1) is 8.99. The summed E-state index contributed by atoms with van der Waals surface area (Å²) in [6, 6.07) is 3.29. The van der Waals surface area contributed by atoms with E-state index in [4.69, 9.17) is 26.6 Å². The van der Waals surface area contributed by atoms with Gasteiger partial charge in [0, 0.05) is 18.1 Å². The van der Waals surface area contributed by atoms with Crippen molar-refractivity contribution in [3.63, 3.8) is 0 Å². The lowest BCUT2D eigenvalue weighted by Crippen LogP contribution is -2.41. The van der Waals surface area contributed by atoms with E-state index in [0.29, 0.717) is 5.02 Å². The first kappa shape index (κ1) is 15.3. The molecule has 0 aromatic heterocycles. The Morgan fingerprint density at radius 1 is 1.47 bits per heavy atom. The molecule has 0 aliphatic rings. The molecule has 0 aliphatic heterocycles. The molecule has 3 N–H and O–H groups in total. The van der Waals surface area contributed by atoms with Gasteiger partial charge in [-0.25, -0.2) is 4.79 Å². The molecule has 1 rings (SSSR count). The molecule has 0 fully saturated rings. The SMILES string of the molecule is COc1ccc(Cl)cc1C(=O)NC(CCO)C(=O)O. The zero-order valence-electron chi connectivity index (χ0n) is 10.2. The molecule has 0 aliphatic carbocycles. The number of benzene rings is 1. The van der Waals surface area contributed by atoms with Crippen molar-refractivity contribution in [2.24, 2.45) is 0 Å². The predicted molar refractivity (Wildman–Crippen MR) is 68.6 cm³/mol. The number of aliphatic carboxylic acids is 1. The minimum absolute atomic E-state index is 0.0794. The number of carboxylic acid groups (broad SMARTS) is 1. The molecule has 0 spiro atoms. The molecule has 7 heteroatoms. The number of carbonyl (C=O) groups excluding carboxylic acids is 1. The summed E-state index contributed by atoms with van der Waals surface area (Å²) in [6.45, 7) is -0.343. The van der Waals surface area contributed by atoms with Gasteiger partial charge in [-0.1, -0.05) is 11.6 Å². The number of carboxylic acids is 1. The monoisotopic (exact) mass is 287 g/mol. The Labute approximate surface area is 114 Å². The van der Waals surface area contributed by atoms with Crippen molar-refractivity contribution < 1.29 is 24.5 Å². The van der Waals surface area contributed by atoms with Crippen LogP contribution in [0, 0.1) is 0 Å². The van der Waals surface area contributed by atoms with E-state index >= 15 is 0 Å². The van der Waals surface area contributed by atoms with Gasteiger partial charge in [-0.15, -0.1) is 0 Å². The maximum atomic E-state index is 12.0. The summed E-state index contributed by atoms with van der Waals surface area (Å²) in [4.78, 5) is 22.9. The lowest BCUT2D eigenvalue weighted by molar-refractivity contribution is -0.139. The lowest BCUT2D eigenvalue weighted by atomic mass is 10.1. The standard InChI is InChI=1S/C12H14ClNO5/c1-19-10-3-2-7(13)6-8(10)11(16)14-9(4-5-15)12(17)18/h2-3,6,9,15H,4-5H2,1H3,(H,14,16)(H,17,18). The van der Waals surface area contributed by atoms with Gasteiger partial charge in [-0.05, 0) is 18.2 Å². The van der Waals surface area contributed by atoms with E-state index in [9.17, 15) is 9.59 Å². The first-order valence-electron chi connectivity index (χ1n) is 5.47. The summed E-state index contributed by atoms with van der Waals surface area (Å²) >= 11 is 5.79. The van der Waals surface area contributed by atoms with Crippen LogP contribution < -0.4 is 10.1 Å². The van der Waals surface area contributed by atoms with Gasteiger partial charge >= 0.3 is 5.97 Å². The van der Waals surface area contributed by atoms with Crippen LogP contribution in [0.4, 0.5) is 0 Å². The van der Waals surface area contributed by atoms with Crippen LogP contribution >= 0.6 is 11.6 Å². The van der Waals surface area contributed by atoms with Gasteiger partial charge in [-0.2, -0.15) is 0 Å². The molecular weight excluding hydrogens is 274 g/mol. The van der Waals surface area contributed by atoms with Gasteiger partial charge in [0.15, 0.2) is 0 Å². The highest BCUT2D eigenvalue weighted by Gasteiger charge is 2.22. The first-order valence-corrected chi connectivity index (χ1v) is 5.85. The number of methoxy groups -OCH3 is 1. The highest BCUT2D eigenvalue weighted by Crippen LogP contribution is 2.22. The van der Waals surface area contributed by atoms with Crippen molar-refractivity contribution in [1.29, 1.82) is 0 Å². The van der Waals surface area contributed by atoms with Gasteiger partial charge in [0.05, 0.1) is 12.7 Å². The Hall–Kier alpha value is -1.79. The third-order valence-corrected chi connectivity index (χ3v) is 2.66. The molecule has 6 nitrogen and oxygen atoms in total. The number of nitrogens with one attached hydrogen (secondary N) is 1. The van der Waals surface area contributed by atoms with Crippen LogP contribution in [0.25, 0.3) is 0 Å². The molecule has 1 amide bonds. The van der Waals surface area contributed by atoms with Crippen molar-refractivity contribution >= 4 is 23.5 Å². The second-order valence-corrected chi connectivity index (χ2v) is 4.16. The van der Waals surface area contributed by atoms with E-state index < -0.39 is 17.9 Å². The number of ether oxygens (including phenoxy) is 1. The number of hydrogen-bond donors (Lipinski definition) is 3. The number of aliphatic hydroxyl groups is 1. The number of amides is 1. The quantitative estimate of drug-likeness (QED) is 0.723. The minimum atomic E-state index is -1.22. The molecule has 0 heterocycles. The van der Waals surface area contributed by atoms with Gasteiger partial charge in [-0.3, -0.25) is 4.79 Å². The zero-order chi connectivity index (χ0) is 14.4. The molecular formula is C12H14ClNO5. The highest BCUT2D eigenvalue weighted by molar-refractivity contribution is 6.31. The molecule has 0 saturated carbocycles. The average Bonchev–Trinajstić information content (AvgIpc) is 2.37. The Morgan fingerprint density at radius 3 is 2.68 bits per heavy atom. The predicted octanol–water partition coefficient (Wildman–Crippen LogP) is 0.914. The third-order valence-electron chi connectivity index (χ3n) is 2.43. The fourth-order valence-corrected chi connectivity index (χ4v) is 1.65. The maximum absolute atomic E-state index is 12.0. The van der Waals surface area contributed by atoms with Crippen molar-refractivity contribution in [1.82, 2.24) is 5.32 Å². The van der Waals surface area contributed by atoms with Crippen LogP contribution in [0.5, 0.6) is 5.75 Å². The van der Waals surface area contributed by atoms with Crippen LogP contribution in [-0.4, -0.2) is 41.8 Å². The van der Waals surface area contributed by atoms with Crippen LogP contribution in [0.3, 0.4) is 0 Å². The van der Waals surface area contributed by atoms with Crippen LogP contribution in [0.2, 0.25) is 5.02 Å².